The number of rotatable bonds is 3. The summed E-state index contributed by atoms with van der Waals surface area (Å²) in [7, 11) is 0. The van der Waals surface area contributed by atoms with E-state index in [1.165, 1.54) is 120 Å². The van der Waals surface area contributed by atoms with Crippen LogP contribution in [-0.4, -0.2) is 0 Å². The summed E-state index contributed by atoms with van der Waals surface area (Å²) in [5.74, 6) is 0. The van der Waals surface area contributed by atoms with Crippen LogP contribution in [0.15, 0.2) is 182 Å². The van der Waals surface area contributed by atoms with Crippen molar-refractivity contribution in [2.45, 2.75) is 0 Å². The van der Waals surface area contributed by atoms with Crippen LogP contribution in [0.2, 0.25) is 0 Å². The average molecular weight is 655 g/mol. The van der Waals surface area contributed by atoms with Gasteiger partial charge in [-0.25, -0.2) is 0 Å². The quantitative estimate of drug-likeness (QED) is 0.166. The molecule has 0 aromatic heterocycles. The second-order valence-electron chi connectivity index (χ2n) is 14.3. The lowest BCUT2D eigenvalue weighted by Gasteiger charge is -2.17. The van der Waals surface area contributed by atoms with Gasteiger partial charge in [0.25, 0.3) is 0 Å². The minimum absolute atomic E-state index is 1.25. The van der Waals surface area contributed by atoms with E-state index in [4.69, 9.17) is 0 Å². The molecule has 52 heavy (non-hydrogen) atoms. The third-order valence-electron chi connectivity index (χ3n) is 11.7. The minimum Gasteiger partial charge on any atom is -0.0622 e. The van der Waals surface area contributed by atoms with Crippen LogP contribution in [-0.2, 0) is 0 Å². The highest BCUT2D eigenvalue weighted by atomic mass is 14.3. The van der Waals surface area contributed by atoms with E-state index in [2.05, 4.69) is 182 Å². The SMILES string of the molecule is c1ccc(-c2cccc3c2cc2c4cc5c(-c6ccccc6)c6c7cccc8cccc(c6c(-c6ccccc6)c5cc4c4cccc3c42)c87)cc1. The molecule has 0 atom stereocenters. The van der Waals surface area contributed by atoms with Gasteiger partial charge in [0.1, 0.15) is 0 Å². The molecule has 0 amide bonds. The van der Waals surface area contributed by atoms with Gasteiger partial charge in [0.2, 0.25) is 0 Å². The van der Waals surface area contributed by atoms with Crippen molar-refractivity contribution in [3.8, 4) is 33.4 Å². The van der Waals surface area contributed by atoms with E-state index in [9.17, 15) is 0 Å². The van der Waals surface area contributed by atoms with E-state index in [1.807, 2.05) is 0 Å². The Hall–Kier alpha value is -6.76. The zero-order chi connectivity index (χ0) is 33.9. The Morgan fingerprint density at radius 3 is 1.25 bits per heavy atom. The van der Waals surface area contributed by atoms with Gasteiger partial charge in [-0.1, -0.05) is 164 Å². The van der Waals surface area contributed by atoms with E-state index in [1.54, 1.807) is 0 Å². The Morgan fingerprint density at radius 2 is 0.654 bits per heavy atom. The Kier molecular flexibility index (Phi) is 5.59. The third-order valence-corrected chi connectivity index (χ3v) is 11.7. The number of hydrogen-bond acceptors (Lipinski definition) is 0. The second-order valence-corrected chi connectivity index (χ2v) is 14.3. The molecule has 0 aliphatic heterocycles. The van der Waals surface area contributed by atoms with Crippen molar-refractivity contribution < 1.29 is 0 Å². The molecule has 0 unspecified atom stereocenters. The largest absolute Gasteiger partial charge is 0.0622 e. The summed E-state index contributed by atoms with van der Waals surface area (Å²) >= 11 is 0. The van der Waals surface area contributed by atoms with Gasteiger partial charge in [-0.05, 0) is 138 Å². The summed E-state index contributed by atoms with van der Waals surface area (Å²) in [4.78, 5) is 0. The molecule has 0 spiro atoms. The van der Waals surface area contributed by atoms with E-state index < -0.39 is 0 Å². The molecule has 0 fully saturated rings. The van der Waals surface area contributed by atoms with Gasteiger partial charge in [-0.3, -0.25) is 0 Å². The topological polar surface area (TPSA) is 0 Å². The van der Waals surface area contributed by atoms with Crippen LogP contribution in [0.5, 0.6) is 0 Å². The highest BCUT2D eigenvalue weighted by Crippen LogP contribution is 2.53. The average Bonchev–Trinajstić information content (AvgIpc) is 3.71. The summed E-state index contributed by atoms with van der Waals surface area (Å²) in [6, 6.07) is 67.9. The molecule has 0 N–H and O–H groups in total. The predicted molar refractivity (Wildman–Crippen MR) is 225 cm³/mol. The van der Waals surface area contributed by atoms with Crippen molar-refractivity contribution in [2.75, 3.05) is 0 Å². The van der Waals surface area contributed by atoms with Gasteiger partial charge < -0.3 is 0 Å². The zero-order valence-electron chi connectivity index (χ0n) is 28.3. The maximum Gasteiger partial charge on any atom is -0.000741 e. The normalized spacial score (nSPS) is 12.2. The molecule has 0 heteroatoms. The van der Waals surface area contributed by atoms with Crippen LogP contribution in [0.25, 0.3) is 120 Å². The molecular formula is C52H30. The van der Waals surface area contributed by atoms with Crippen molar-refractivity contribution >= 4 is 86.2 Å². The van der Waals surface area contributed by atoms with E-state index in [0.717, 1.165) is 0 Å². The lowest BCUT2D eigenvalue weighted by atomic mass is 9.85. The first kappa shape index (κ1) is 28.0. The molecule has 12 aromatic carbocycles. The molecule has 0 aliphatic carbocycles. The summed E-state index contributed by atoms with van der Waals surface area (Å²) in [5.41, 5.74) is 7.65. The molecular weight excluding hydrogens is 625 g/mol. The van der Waals surface area contributed by atoms with Gasteiger partial charge in [0.05, 0.1) is 0 Å². The Morgan fingerprint density at radius 1 is 0.212 bits per heavy atom. The van der Waals surface area contributed by atoms with Crippen LogP contribution in [0.4, 0.5) is 0 Å². The van der Waals surface area contributed by atoms with Crippen molar-refractivity contribution in [3.05, 3.63) is 182 Å². The summed E-state index contributed by atoms with van der Waals surface area (Å²) in [6.07, 6.45) is 0. The molecule has 0 saturated heterocycles. The summed E-state index contributed by atoms with van der Waals surface area (Å²) in [5, 5.41) is 21.1. The third kappa shape index (κ3) is 3.66. The molecule has 0 heterocycles. The molecule has 12 rings (SSSR count). The van der Waals surface area contributed by atoms with E-state index in [0.29, 0.717) is 0 Å². The smallest absolute Gasteiger partial charge is 0.000741 e. The zero-order valence-corrected chi connectivity index (χ0v) is 28.3. The fourth-order valence-corrected chi connectivity index (χ4v) is 9.63. The van der Waals surface area contributed by atoms with Crippen molar-refractivity contribution in [1.29, 1.82) is 0 Å². The van der Waals surface area contributed by atoms with Crippen LogP contribution in [0.1, 0.15) is 0 Å². The molecule has 0 nitrogen and oxygen atoms in total. The molecule has 0 radical (unpaired) electrons. The molecule has 0 aliphatic rings. The van der Waals surface area contributed by atoms with Crippen LogP contribution >= 0.6 is 0 Å². The van der Waals surface area contributed by atoms with Crippen LogP contribution in [0, 0.1) is 0 Å². The first-order valence-electron chi connectivity index (χ1n) is 18.2. The lowest BCUT2D eigenvalue weighted by Crippen LogP contribution is -1.89. The fraction of sp³-hybridized carbons (Fsp3) is 0. The first-order valence-corrected chi connectivity index (χ1v) is 18.2. The summed E-state index contributed by atoms with van der Waals surface area (Å²) in [6.45, 7) is 0. The van der Waals surface area contributed by atoms with Gasteiger partial charge >= 0.3 is 0 Å². The maximum absolute atomic E-state index is 2.54. The highest BCUT2D eigenvalue weighted by Gasteiger charge is 2.25. The van der Waals surface area contributed by atoms with Gasteiger partial charge in [0, 0.05) is 0 Å². The van der Waals surface area contributed by atoms with Gasteiger partial charge in [-0.15, -0.1) is 0 Å². The van der Waals surface area contributed by atoms with Crippen molar-refractivity contribution in [1.82, 2.24) is 0 Å². The summed E-state index contributed by atoms with van der Waals surface area (Å²) < 4.78 is 0. The van der Waals surface area contributed by atoms with Crippen molar-refractivity contribution in [2.24, 2.45) is 0 Å². The monoisotopic (exact) mass is 654 g/mol. The predicted octanol–water partition coefficient (Wildman–Crippen LogP) is 14.8. The van der Waals surface area contributed by atoms with Gasteiger partial charge in [0.15, 0.2) is 0 Å². The second kappa shape index (κ2) is 10.4. The van der Waals surface area contributed by atoms with E-state index >= 15 is 0 Å². The minimum atomic E-state index is 1.25. The Balaban J connectivity index is 1.35. The standard InChI is InChI=1S/C52H30/c1-4-14-31(15-5-1)35-22-12-23-36-37-24-13-25-38-42-29-45-46(30-43(42)44(50(37)38)28-41(35)36)49(34-18-8-3-9-19-34)52-40-27-11-21-32-20-10-26-39(47(32)40)51(52)48(45)33-16-6-2-7-17-33/h1-30H. The molecule has 12 aromatic rings. The van der Waals surface area contributed by atoms with Crippen molar-refractivity contribution in [3.63, 3.8) is 0 Å². The molecule has 0 saturated carbocycles. The van der Waals surface area contributed by atoms with Crippen LogP contribution < -0.4 is 0 Å². The Bertz CT molecular complexity index is 3350. The highest BCUT2D eigenvalue weighted by molar-refractivity contribution is 6.42. The maximum atomic E-state index is 2.54. The number of hydrogen-bond donors (Lipinski definition) is 0. The number of benzene rings is 10. The van der Waals surface area contributed by atoms with Crippen LogP contribution in [0.3, 0.4) is 0 Å². The van der Waals surface area contributed by atoms with E-state index in [-0.39, 0.29) is 0 Å². The first-order chi connectivity index (χ1) is 25.8. The van der Waals surface area contributed by atoms with Gasteiger partial charge in [-0.2, -0.15) is 0 Å². The molecule has 238 valence electrons. The number of fused-ring (bicyclic) bond motifs is 9. The fourth-order valence-electron chi connectivity index (χ4n) is 9.63. The molecule has 0 bridgehead atoms. The lowest BCUT2D eigenvalue weighted by molar-refractivity contribution is 1.66. The Labute approximate surface area is 300 Å².